The molecule has 1 aromatic rings. The van der Waals surface area contributed by atoms with E-state index in [4.69, 9.17) is 4.74 Å². The quantitative estimate of drug-likeness (QED) is 0.694. The van der Waals surface area contributed by atoms with Gasteiger partial charge in [-0.1, -0.05) is 32.0 Å². The Morgan fingerprint density at radius 3 is 2.58 bits per heavy atom. The zero-order valence-electron chi connectivity index (χ0n) is 12.8. The number of nitrogens with one attached hydrogen (secondary N) is 1. The monoisotopic (exact) mass is 264 g/mol. The van der Waals surface area contributed by atoms with Gasteiger partial charge in [-0.25, -0.2) is 0 Å². The van der Waals surface area contributed by atoms with Gasteiger partial charge < -0.3 is 15.0 Å². The summed E-state index contributed by atoms with van der Waals surface area (Å²) in [4.78, 5) is 2.38. The van der Waals surface area contributed by atoms with E-state index < -0.39 is 0 Å². The lowest BCUT2D eigenvalue weighted by Crippen LogP contribution is -2.29. The lowest BCUT2D eigenvalue weighted by atomic mass is 10.1. The minimum absolute atomic E-state index is 0.506. The molecule has 0 saturated heterocycles. The molecule has 0 atom stereocenters. The second-order valence-corrected chi connectivity index (χ2v) is 4.94. The van der Waals surface area contributed by atoms with Gasteiger partial charge in [0, 0.05) is 38.0 Å². The van der Waals surface area contributed by atoms with E-state index >= 15 is 0 Å². The predicted molar refractivity (Wildman–Crippen MR) is 82.8 cm³/mol. The average Bonchev–Trinajstić information content (AvgIpc) is 2.42. The van der Waals surface area contributed by atoms with Gasteiger partial charge in [0.1, 0.15) is 0 Å². The van der Waals surface area contributed by atoms with E-state index in [1.165, 1.54) is 11.3 Å². The minimum atomic E-state index is 0.506. The molecule has 3 nitrogen and oxygen atoms in total. The molecular formula is C16H28N2O. The number of hydrogen-bond acceptors (Lipinski definition) is 3. The van der Waals surface area contributed by atoms with Crippen LogP contribution in [-0.2, 0) is 11.3 Å². The van der Waals surface area contributed by atoms with Gasteiger partial charge in [0.2, 0.25) is 0 Å². The Morgan fingerprint density at radius 2 is 1.95 bits per heavy atom. The molecular weight excluding hydrogens is 236 g/mol. The first-order valence-corrected chi connectivity index (χ1v) is 7.33. The fraction of sp³-hybridized carbons (Fsp3) is 0.625. The third-order valence-electron chi connectivity index (χ3n) is 3.12. The van der Waals surface area contributed by atoms with Crippen LogP contribution in [0.15, 0.2) is 24.3 Å². The lowest BCUT2D eigenvalue weighted by molar-refractivity contribution is 0.154. The molecule has 108 valence electrons. The lowest BCUT2D eigenvalue weighted by Gasteiger charge is -2.26. The van der Waals surface area contributed by atoms with Crippen LogP contribution in [0.3, 0.4) is 0 Å². The molecule has 0 radical (unpaired) electrons. The summed E-state index contributed by atoms with van der Waals surface area (Å²) >= 11 is 0. The van der Waals surface area contributed by atoms with Crippen molar-refractivity contribution in [3.63, 3.8) is 0 Å². The van der Waals surface area contributed by atoms with Crippen molar-refractivity contribution in [1.29, 1.82) is 0 Å². The van der Waals surface area contributed by atoms with Crippen LogP contribution >= 0.6 is 0 Å². The van der Waals surface area contributed by atoms with Crippen molar-refractivity contribution in [3.8, 4) is 0 Å². The number of nitrogens with zero attached hydrogens (tertiary/aromatic N) is 1. The van der Waals surface area contributed by atoms with Crippen molar-refractivity contribution in [1.82, 2.24) is 5.32 Å². The minimum Gasteiger partial charge on any atom is -0.380 e. The largest absolute Gasteiger partial charge is 0.380 e. The van der Waals surface area contributed by atoms with E-state index in [1.807, 2.05) is 6.92 Å². The first-order valence-electron chi connectivity index (χ1n) is 7.33. The van der Waals surface area contributed by atoms with Gasteiger partial charge in [0.25, 0.3) is 0 Å². The highest BCUT2D eigenvalue weighted by Gasteiger charge is 2.09. The van der Waals surface area contributed by atoms with E-state index in [-0.39, 0.29) is 0 Å². The van der Waals surface area contributed by atoms with Crippen LogP contribution in [0.2, 0.25) is 0 Å². The molecule has 0 heterocycles. The molecule has 0 aliphatic rings. The van der Waals surface area contributed by atoms with E-state index in [9.17, 15) is 0 Å². The Kier molecular flexibility index (Phi) is 7.53. The molecule has 0 unspecified atom stereocenters. The number of anilines is 1. The molecule has 0 aromatic heterocycles. The SMILES string of the molecule is CCOCCN(CC)c1ccccc1CNC(C)C. The Hall–Kier alpha value is -1.06. The van der Waals surface area contributed by atoms with Crippen LogP contribution in [0.5, 0.6) is 0 Å². The van der Waals surface area contributed by atoms with Crippen LogP contribution in [0, 0.1) is 0 Å². The molecule has 3 heteroatoms. The highest BCUT2D eigenvalue weighted by molar-refractivity contribution is 5.53. The number of rotatable bonds is 9. The zero-order chi connectivity index (χ0) is 14.1. The Balaban J connectivity index is 2.72. The summed E-state index contributed by atoms with van der Waals surface area (Å²) in [5.74, 6) is 0. The number of likely N-dealkylation sites (N-methyl/N-ethyl adjacent to an activating group) is 1. The first kappa shape index (κ1) is 16.0. The molecule has 1 rings (SSSR count). The fourth-order valence-electron chi connectivity index (χ4n) is 2.05. The Morgan fingerprint density at radius 1 is 1.21 bits per heavy atom. The van der Waals surface area contributed by atoms with E-state index in [1.54, 1.807) is 0 Å². The average molecular weight is 264 g/mol. The topological polar surface area (TPSA) is 24.5 Å². The molecule has 0 amide bonds. The number of para-hydroxylation sites is 1. The number of hydrogen-bond donors (Lipinski definition) is 1. The third-order valence-corrected chi connectivity index (χ3v) is 3.12. The Bertz CT molecular complexity index is 352. The van der Waals surface area contributed by atoms with Gasteiger partial charge in [-0.05, 0) is 25.5 Å². The van der Waals surface area contributed by atoms with E-state index in [0.717, 1.165) is 32.8 Å². The van der Waals surface area contributed by atoms with Gasteiger partial charge in [0.15, 0.2) is 0 Å². The smallest absolute Gasteiger partial charge is 0.0641 e. The second kappa shape index (κ2) is 8.94. The molecule has 1 aromatic carbocycles. The maximum Gasteiger partial charge on any atom is 0.0641 e. The van der Waals surface area contributed by atoms with E-state index in [2.05, 4.69) is 55.3 Å². The zero-order valence-corrected chi connectivity index (χ0v) is 12.8. The Labute approximate surface area is 118 Å². The van der Waals surface area contributed by atoms with Crippen LogP contribution in [0.25, 0.3) is 0 Å². The van der Waals surface area contributed by atoms with Crippen LogP contribution in [0.4, 0.5) is 5.69 Å². The molecule has 1 N–H and O–H groups in total. The molecule has 0 aliphatic heterocycles. The molecule has 0 aliphatic carbocycles. The molecule has 0 fully saturated rings. The summed E-state index contributed by atoms with van der Waals surface area (Å²) < 4.78 is 5.47. The van der Waals surface area contributed by atoms with Crippen LogP contribution < -0.4 is 10.2 Å². The second-order valence-electron chi connectivity index (χ2n) is 4.94. The summed E-state index contributed by atoms with van der Waals surface area (Å²) in [5, 5.41) is 3.49. The summed E-state index contributed by atoms with van der Waals surface area (Å²) in [6.07, 6.45) is 0. The van der Waals surface area contributed by atoms with Crippen LogP contribution in [0.1, 0.15) is 33.3 Å². The fourth-order valence-corrected chi connectivity index (χ4v) is 2.05. The van der Waals surface area contributed by atoms with Gasteiger partial charge in [-0.15, -0.1) is 0 Å². The normalized spacial score (nSPS) is 11.0. The van der Waals surface area contributed by atoms with Crippen LogP contribution in [-0.4, -0.2) is 32.3 Å². The summed E-state index contributed by atoms with van der Waals surface area (Å²) in [6.45, 7) is 13.0. The first-order chi connectivity index (χ1) is 9.19. The molecule has 0 bridgehead atoms. The molecule has 19 heavy (non-hydrogen) atoms. The van der Waals surface area contributed by atoms with Crippen molar-refractivity contribution < 1.29 is 4.74 Å². The maximum absolute atomic E-state index is 5.47. The highest BCUT2D eigenvalue weighted by atomic mass is 16.5. The third kappa shape index (κ3) is 5.62. The van der Waals surface area contributed by atoms with Crippen molar-refractivity contribution >= 4 is 5.69 Å². The molecule has 0 spiro atoms. The van der Waals surface area contributed by atoms with Gasteiger partial charge in [0.05, 0.1) is 6.61 Å². The number of benzene rings is 1. The molecule has 0 saturated carbocycles. The van der Waals surface area contributed by atoms with E-state index in [0.29, 0.717) is 6.04 Å². The van der Waals surface area contributed by atoms with Crippen molar-refractivity contribution in [2.75, 3.05) is 31.2 Å². The summed E-state index contributed by atoms with van der Waals surface area (Å²) in [6, 6.07) is 9.13. The summed E-state index contributed by atoms with van der Waals surface area (Å²) in [5.41, 5.74) is 2.67. The van der Waals surface area contributed by atoms with Crippen molar-refractivity contribution in [2.24, 2.45) is 0 Å². The maximum atomic E-state index is 5.47. The van der Waals surface area contributed by atoms with Crippen molar-refractivity contribution in [2.45, 2.75) is 40.3 Å². The summed E-state index contributed by atoms with van der Waals surface area (Å²) in [7, 11) is 0. The highest BCUT2D eigenvalue weighted by Crippen LogP contribution is 2.20. The number of ether oxygens (including phenoxy) is 1. The van der Waals surface area contributed by atoms with Crippen molar-refractivity contribution in [3.05, 3.63) is 29.8 Å². The van der Waals surface area contributed by atoms with Gasteiger partial charge >= 0.3 is 0 Å². The van der Waals surface area contributed by atoms with Gasteiger partial charge in [-0.2, -0.15) is 0 Å². The van der Waals surface area contributed by atoms with Gasteiger partial charge in [-0.3, -0.25) is 0 Å². The predicted octanol–water partition coefficient (Wildman–Crippen LogP) is 3.05. The standard InChI is InChI=1S/C16H28N2O/c1-5-18(11-12-19-6-2)16-10-8-7-9-15(16)13-17-14(3)4/h7-10,14,17H,5-6,11-13H2,1-4H3.